The molecular formula is C29H34N6OS. The van der Waals surface area contributed by atoms with Crippen LogP contribution in [0.2, 0.25) is 0 Å². The summed E-state index contributed by atoms with van der Waals surface area (Å²) in [7, 11) is 2.17. The fourth-order valence-corrected chi connectivity index (χ4v) is 5.31. The van der Waals surface area contributed by atoms with Crippen LogP contribution in [-0.4, -0.2) is 58.9 Å². The predicted octanol–water partition coefficient (Wildman–Crippen LogP) is 4.99. The minimum Gasteiger partial charge on any atom is -0.335 e. The van der Waals surface area contributed by atoms with Crippen molar-refractivity contribution >= 4 is 22.4 Å². The van der Waals surface area contributed by atoms with Crippen LogP contribution in [0, 0.1) is 5.92 Å². The molecule has 2 aliphatic rings. The van der Waals surface area contributed by atoms with Gasteiger partial charge in [-0.05, 0) is 49.2 Å². The van der Waals surface area contributed by atoms with Gasteiger partial charge in [-0.2, -0.15) is 0 Å². The number of allylic oxidation sites excluding steroid dienone is 3. The molecule has 1 aromatic carbocycles. The minimum absolute atomic E-state index is 0.0594. The molecule has 1 atom stereocenters. The molecule has 1 aliphatic heterocycles. The van der Waals surface area contributed by atoms with Crippen LogP contribution in [0.4, 0.5) is 5.13 Å². The quantitative estimate of drug-likeness (QED) is 0.463. The third-order valence-corrected chi connectivity index (χ3v) is 7.75. The van der Waals surface area contributed by atoms with E-state index in [1.165, 1.54) is 5.56 Å². The van der Waals surface area contributed by atoms with Gasteiger partial charge in [0.1, 0.15) is 0 Å². The molecule has 192 valence electrons. The van der Waals surface area contributed by atoms with Crippen molar-refractivity contribution in [3.63, 3.8) is 0 Å². The summed E-state index contributed by atoms with van der Waals surface area (Å²) in [5.74, 6) is 0.241. The number of carbonyl (C=O) groups is 1. The molecule has 2 aromatic heterocycles. The summed E-state index contributed by atoms with van der Waals surface area (Å²) < 4.78 is 0. The number of rotatable bonds is 7. The summed E-state index contributed by atoms with van der Waals surface area (Å²) >= 11 is 1.58. The molecule has 7 nitrogen and oxygen atoms in total. The standard InChI is InChI=1S/C29H34N6OS/c1-21-5-10-25(11-12-26(21)32-29-33-27(20-37-29)24-4-3-13-30-18-24)31-28(36)23-8-6-22(7-9-23)19-35-16-14-34(2)15-17-35/h3-4,6-10,12-13,18,20-21H,5,11,14-17,19H2,1-2H3,(H,31,36)(H,32,33). The van der Waals surface area contributed by atoms with Gasteiger partial charge in [0, 0.05) is 79.4 Å². The molecule has 37 heavy (non-hydrogen) atoms. The van der Waals surface area contributed by atoms with Crippen LogP contribution in [0.25, 0.3) is 11.3 Å². The number of benzene rings is 1. The third kappa shape index (κ3) is 6.71. The van der Waals surface area contributed by atoms with Crippen LogP contribution in [0.15, 0.2) is 77.7 Å². The van der Waals surface area contributed by atoms with Gasteiger partial charge in [0.05, 0.1) is 5.69 Å². The average Bonchev–Trinajstić information content (AvgIpc) is 3.33. The highest BCUT2D eigenvalue weighted by Gasteiger charge is 2.17. The second kappa shape index (κ2) is 11.8. The van der Waals surface area contributed by atoms with E-state index in [2.05, 4.69) is 63.7 Å². The molecule has 1 amide bonds. The number of aromatic nitrogens is 2. The van der Waals surface area contributed by atoms with Gasteiger partial charge in [-0.25, -0.2) is 4.98 Å². The smallest absolute Gasteiger partial charge is 0.255 e. The Hall–Kier alpha value is -3.33. The number of amides is 1. The zero-order valence-electron chi connectivity index (χ0n) is 21.5. The van der Waals surface area contributed by atoms with Crippen molar-refractivity contribution in [3.8, 4) is 11.3 Å². The monoisotopic (exact) mass is 514 g/mol. The Morgan fingerprint density at radius 3 is 2.68 bits per heavy atom. The maximum Gasteiger partial charge on any atom is 0.255 e. The van der Waals surface area contributed by atoms with Gasteiger partial charge in [0.25, 0.3) is 5.91 Å². The first-order valence-corrected chi connectivity index (χ1v) is 13.7. The maximum atomic E-state index is 12.9. The van der Waals surface area contributed by atoms with Crippen molar-refractivity contribution in [3.05, 3.63) is 88.8 Å². The van der Waals surface area contributed by atoms with E-state index >= 15 is 0 Å². The Bertz CT molecular complexity index is 1260. The number of nitrogens with zero attached hydrogens (tertiary/aromatic N) is 4. The molecule has 0 radical (unpaired) electrons. The lowest BCUT2D eigenvalue weighted by atomic mass is 10.1. The van der Waals surface area contributed by atoms with Crippen molar-refractivity contribution in [1.82, 2.24) is 25.1 Å². The molecule has 2 N–H and O–H groups in total. The first-order valence-electron chi connectivity index (χ1n) is 12.9. The first-order chi connectivity index (χ1) is 18.0. The second-order valence-electron chi connectivity index (χ2n) is 9.86. The van der Waals surface area contributed by atoms with E-state index in [0.717, 1.165) is 66.9 Å². The van der Waals surface area contributed by atoms with E-state index in [0.29, 0.717) is 17.9 Å². The van der Waals surface area contributed by atoms with Crippen LogP contribution in [-0.2, 0) is 6.54 Å². The topological polar surface area (TPSA) is 73.4 Å². The SMILES string of the molecule is CC1CC=C(NC(=O)c2ccc(CN3CCN(C)CC3)cc2)CC=C1Nc1nc(-c2cccnc2)cs1. The molecule has 0 saturated carbocycles. The zero-order chi connectivity index (χ0) is 25.6. The Morgan fingerprint density at radius 1 is 1.11 bits per heavy atom. The average molecular weight is 515 g/mol. The molecule has 5 rings (SSSR count). The van der Waals surface area contributed by atoms with Crippen LogP contribution >= 0.6 is 11.3 Å². The number of hydrogen-bond acceptors (Lipinski definition) is 7. The molecule has 1 unspecified atom stereocenters. The van der Waals surface area contributed by atoms with Crippen LogP contribution in [0.5, 0.6) is 0 Å². The van der Waals surface area contributed by atoms with E-state index in [-0.39, 0.29) is 5.91 Å². The molecule has 8 heteroatoms. The molecule has 0 bridgehead atoms. The van der Waals surface area contributed by atoms with E-state index < -0.39 is 0 Å². The number of hydrogen-bond donors (Lipinski definition) is 2. The number of piperazine rings is 1. The minimum atomic E-state index is -0.0594. The summed E-state index contributed by atoms with van der Waals surface area (Å²) in [4.78, 5) is 26.7. The first kappa shape index (κ1) is 25.3. The van der Waals surface area contributed by atoms with Gasteiger partial charge in [0.2, 0.25) is 0 Å². The van der Waals surface area contributed by atoms with Crippen LogP contribution in [0.1, 0.15) is 35.7 Å². The van der Waals surface area contributed by atoms with Crippen molar-refractivity contribution in [1.29, 1.82) is 0 Å². The lowest BCUT2D eigenvalue weighted by Crippen LogP contribution is -2.43. The van der Waals surface area contributed by atoms with Crippen molar-refractivity contribution in [2.24, 2.45) is 5.92 Å². The Kier molecular flexibility index (Phi) is 8.08. The molecule has 3 heterocycles. The fraction of sp³-hybridized carbons (Fsp3) is 0.345. The zero-order valence-corrected chi connectivity index (χ0v) is 22.3. The van der Waals surface area contributed by atoms with Crippen molar-refractivity contribution in [2.45, 2.75) is 26.3 Å². The lowest BCUT2D eigenvalue weighted by Gasteiger charge is -2.32. The number of pyridine rings is 1. The maximum absolute atomic E-state index is 12.9. The molecular weight excluding hydrogens is 480 g/mol. The largest absolute Gasteiger partial charge is 0.335 e. The lowest BCUT2D eigenvalue weighted by molar-refractivity contribution is 0.0965. The number of likely N-dealkylation sites (N-methyl/N-ethyl adjacent to an activating group) is 1. The number of carbonyl (C=O) groups excluding carboxylic acids is 1. The van der Waals surface area contributed by atoms with Gasteiger partial charge < -0.3 is 15.5 Å². The Labute approximate surface area is 222 Å². The summed E-state index contributed by atoms with van der Waals surface area (Å²) in [5, 5.41) is 9.53. The third-order valence-electron chi connectivity index (χ3n) is 7.00. The highest BCUT2D eigenvalue weighted by molar-refractivity contribution is 7.14. The highest BCUT2D eigenvalue weighted by atomic mass is 32.1. The molecule has 1 aliphatic carbocycles. The fourth-order valence-electron chi connectivity index (χ4n) is 4.57. The summed E-state index contributed by atoms with van der Waals surface area (Å²) in [6, 6.07) is 12.0. The number of nitrogens with one attached hydrogen (secondary N) is 2. The second-order valence-corrected chi connectivity index (χ2v) is 10.7. The van der Waals surface area contributed by atoms with E-state index in [4.69, 9.17) is 4.98 Å². The highest BCUT2D eigenvalue weighted by Crippen LogP contribution is 2.29. The number of thiazole rings is 1. The normalized spacial score (nSPS) is 19.0. The van der Waals surface area contributed by atoms with E-state index in [1.54, 1.807) is 17.5 Å². The number of anilines is 1. The molecule has 1 fully saturated rings. The van der Waals surface area contributed by atoms with Gasteiger partial charge in [0.15, 0.2) is 5.13 Å². The van der Waals surface area contributed by atoms with Gasteiger partial charge >= 0.3 is 0 Å². The summed E-state index contributed by atoms with van der Waals surface area (Å²) in [6.07, 6.45) is 9.40. The van der Waals surface area contributed by atoms with Crippen molar-refractivity contribution < 1.29 is 4.79 Å². The summed E-state index contributed by atoms with van der Waals surface area (Å²) in [5.41, 5.74) is 5.92. The summed E-state index contributed by atoms with van der Waals surface area (Å²) in [6.45, 7) is 7.51. The predicted molar refractivity (Wildman–Crippen MR) is 150 cm³/mol. The molecule has 3 aromatic rings. The molecule has 1 saturated heterocycles. The van der Waals surface area contributed by atoms with Gasteiger partial charge in [-0.3, -0.25) is 14.7 Å². The van der Waals surface area contributed by atoms with Gasteiger partial charge in [-0.15, -0.1) is 11.3 Å². The van der Waals surface area contributed by atoms with Crippen LogP contribution in [0.3, 0.4) is 0 Å². The van der Waals surface area contributed by atoms with Crippen molar-refractivity contribution in [2.75, 3.05) is 38.5 Å². The molecule has 0 spiro atoms. The Morgan fingerprint density at radius 2 is 1.92 bits per heavy atom. The van der Waals surface area contributed by atoms with Crippen LogP contribution < -0.4 is 10.6 Å². The van der Waals surface area contributed by atoms with Gasteiger partial charge in [-0.1, -0.05) is 31.2 Å². The Balaban J connectivity index is 1.16. The van der Waals surface area contributed by atoms with E-state index in [9.17, 15) is 4.79 Å². The van der Waals surface area contributed by atoms with E-state index in [1.807, 2.05) is 35.8 Å².